The largest absolute Gasteiger partial charge is 0.0654 e. The van der Waals surface area contributed by atoms with Crippen LogP contribution in [-0.2, 0) is 0 Å². The third kappa shape index (κ3) is 16.4. The Morgan fingerprint density at radius 2 is 0.727 bits per heavy atom. The standard InChI is InChI=1S/C22H46/c1-4-7-9-11-12-13-14-16-18-21-22(19-6-3)20-17-15-10-8-5-2/h22H,4-21H2,1-3H3. The second-order valence-corrected chi connectivity index (χ2v) is 7.47. The van der Waals surface area contributed by atoms with Gasteiger partial charge in [-0.05, 0) is 5.92 Å². The topological polar surface area (TPSA) is 0 Å². The summed E-state index contributed by atoms with van der Waals surface area (Å²) in [5, 5.41) is 0. The van der Waals surface area contributed by atoms with E-state index < -0.39 is 0 Å². The first-order valence-electron chi connectivity index (χ1n) is 10.8. The average molecular weight is 311 g/mol. The first-order chi connectivity index (χ1) is 10.8. The third-order valence-corrected chi connectivity index (χ3v) is 5.13. The van der Waals surface area contributed by atoms with E-state index in [1.165, 1.54) is 116 Å². The summed E-state index contributed by atoms with van der Waals surface area (Å²) in [6, 6.07) is 0. The summed E-state index contributed by atoms with van der Waals surface area (Å²) in [4.78, 5) is 0. The molecule has 0 radical (unpaired) electrons. The highest BCUT2D eigenvalue weighted by molar-refractivity contribution is 4.60. The summed E-state index contributed by atoms with van der Waals surface area (Å²) in [5.41, 5.74) is 0. The van der Waals surface area contributed by atoms with E-state index in [0.29, 0.717) is 0 Å². The maximum atomic E-state index is 2.36. The summed E-state index contributed by atoms with van der Waals surface area (Å²) >= 11 is 0. The molecule has 0 aromatic heterocycles. The van der Waals surface area contributed by atoms with Crippen LogP contribution in [0.3, 0.4) is 0 Å². The quantitative estimate of drug-likeness (QED) is 0.222. The summed E-state index contributed by atoms with van der Waals surface area (Å²) in [6.07, 6.45) is 26.3. The first kappa shape index (κ1) is 22.0. The normalized spacial score (nSPS) is 12.7. The van der Waals surface area contributed by atoms with E-state index in [0.717, 1.165) is 5.92 Å². The van der Waals surface area contributed by atoms with Gasteiger partial charge in [0.2, 0.25) is 0 Å². The Labute approximate surface area is 142 Å². The smallest absolute Gasteiger partial charge is 0.0414 e. The van der Waals surface area contributed by atoms with Crippen LogP contribution in [0.25, 0.3) is 0 Å². The lowest BCUT2D eigenvalue weighted by molar-refractivity contribution is 0.377. The van der Waals surface area contributed by atoms with Crippen LogP contribution in [0.1, 0.15) is 136 Å². The van der Waals surface area contributed by atoms with Gasteiger partial charge in [0.1, 0.15) is 0 Å². The maximum absolute atomic E-state index is 2.36. The molecule has 0 aliphatic carbocycles. The molecule has 0 aromatic carbocycles. The molecule has 22 heavy (non-hydrogen) atoms. The lowest BCUT2D eigenvalue weighted by atomic mass is 9.90. The summed E-state index contributed by atoms with van der Waals surface area (Å²) in [7, 11) is 0. The highest BCUT2D eigenvalue weighted by atomic mass is 14.1. The Morgan fingerprint density at radius 1 is 0.364 bits per heavy atom. The van der Waals surface area contributed by atoms with Gasteiger partial charge in [-0.25, -0.2) is 0 Å². The lowest BCUT2D eigenvalue weighted by Gasteiger charge is -2.16. The van der Waals surface area contributed by atoms with Gasteiger partial charge < -0.3 is 0 Å². The summed E-state index contributed by atoms with van der Waals surface area (Å²) < 4.78 is 0. The molecule has 0 spiro atoms. The highest BCUT2D eigenvalue weighted by Crippen LogP contribution is 2.23. The van der Waals surface area contributed by atoms with E-state index in [4.69, 9.17) is 0 Å². The van der Waals surface area contributed by atoms with Crippen LogP contribution < -0.4 is 0 Å². The molecular weight excluding hydrogens is 264 g/mol. The van der Waals surface area contributed by atoms with Crippen LogP contribution in [0, 0.1) is 5.92 Å². The van der Waals surface area contributed by atoms with Gasteiger partial charge >= 0.3 is 0 Å². The van der Waals surface area contributed by atoms with E-state index in [9.17, 15) is 0 Å². The molecule has 0 nitrogen and oxygen atoms in total. The van der Waals surface area contributed by atoms with Crippen LogP contribution in [0.2, 0.25) is 0 Å². The Balaban J connectivity index is 3.40. The van der Waals surface area contributed by atoms with E-state index in [1.54, 1.807) is 0 Å². The molecule has 0 bridgehead atoms. The third-order valence-electron chi connectivity index (χ3n) is 5.13. The maximum Gasteiger partial charge on any atom is -0.0414 e. The number of unbranched alkanes of at least 4 members (excludes halogenated alkanes) is 12. The molecule has 0 aliphatic rings. The predicted octanol–water partition coefficient (Wildman–Crippen LogP) is 8.68. The molecule has 0 amide bonds. The lowest BCUT2D eigenvalue weighted by Crippen LogP contribution is -2.00. The van der Waals surface area contributed by atoms with Crippen molar-refractivity contribution >= 4 is 0 Å². The van der Waals surface area contributed by atoms with Crippen molar-refractivity contribution in [2.24, 2.45) is 5.92 Å². The minimum atomic E-state index is 1.04. The van der Waals surface area contributed by atoms with Crippen molar-refractivity contribution in [3.8, 4) is 0 Å². The zero-order valence-corrected chi connectivity index (χ0v) is 16.3. The molecule has 1 atom stereocenters. The van der Waals surface area contributed by atoms with Gasteiger partial charge in [0.15, 0.2) is 0 Å². The van der Waals surface area contributed by atoms with E-state index in [2.05, 4.69) is 20.8 Å². The fourth-order valence-electron chi connectivity index (χ4n) is 3.62. The van der Waals surface area contributed by atoms with Crippen LogP contribution in [0.4, 0.5) is 0 Å². The van der Waals surface area contributed by atoms with Gasteiger partial charge in [-0.2, -0.15) is 0 Å². The first-order valence-corrected chi connectivity index (χ1v) is 10.8. The second-order valence-electron chi connectivity index (χ2n) is 7.47. The number of hydrogen-bond acceptors (Lipinski definition) is 0. The van der Waals surface area contributed by atoms with Crippen LogP contribution in [-0.4, -0.2) is 0 Å². The Kier molecular flexibility index (Phi) is 19.0. The molecule has 0 saturated carbocycles. The van der Waals surface area contributed by atoms with E-state index in [1.807, 2.05) is 0 Å². The molecule has 0 fully saturated rings. The average Bonchev–Trinajstić information content (AvgIpc) is 2.53. The molecule has 0 heteroatoms. The molecule has 0 aliphatic heterocycles. The fraction of sp³-hybridized carbons (Fsp3) is 1.00. The Hall–Kier alpha value is 0. The van der Waals surface area contributed by atoms with Crippen LogP contribution >= 0.6 is 0 Å². The molecule has 0 heterocycles. The van der Waals surface area contributed by atoms with Gasteiger partial charge in [-0.15, -0.1) is 0 Å². The molecule has 0 aromatic rings. The summed E-state index contributed by atoms with van der Waals surface area (Å²) in [6.45, 7) is 6.97. The van der Waals surface area contributed by atoms with Gasteiger partial charge in [0.25, 0.3) is 0 Å². The zero-order valence-electron chi connectivity index (χ0n) is 16.3. The number of hydrogen-bond donors (Lipinski definition) is 0. The number of rotatable bonds is 18. The molecule has 0 N–H and O–H groups in total. The SMILES string of the molecule is CCCCCCCCCCCC(CCC)CCCCCCC. The monoisotopic (exact) mass is 310 g/mol. The van der Waals surface area contributed by atoms with Gasteiger partial charge in [0, 0.05) is 0 Å². The van der Waals surface area contributed by atoms with E-state index in [-0.39, 0.29) is 0 Å². The van der Waals surface area contributed by atoms with Crippen molar-refractivity contribution in [2.75, 3.05) is 0 Å². The summed E-state index contributed by atoms with van der Waals surface area (Å²) in [5.74, 6) is 1.04. The van der Waals surface area contributed by atoms with Crippen molar-refractivity contribution in [3.63, 3.8) is 0 Å². The van der Waals surface area contributed by atoms with Gasteiger partial charge in [0.05, 0.1) is 0 Å². The fourth-order valence-corrected chi connectivity index (χ4v) is 3.62. The van der Waals surface area contributed by atoms with Crippen LogP contribution in [0.15, 0.2) is 0 Å². The van der Waals surface area contributed by atoms with Gasteiger partial charge in [-0.3, -0.25) is 0 Å². The van der Waals surface area contributed by atoms with Crippen molar-refractivity contribution in [3.05, 3.63) is 0 Å². The van der Waals surface area contributed by atoms with Crippen LogP contribution in [0.5, 0.6) is 0 Å². The molecule has 134 valence electrons. The second kappa shape index (κ2) is 19.0. The minimum absolute atomic E-state index is 1.04. The molecule has 1 unspecified atom stereocenters. The molecular formula is C22H46. The van der Waals surface area contributed by atoms with Crippen molar-refractivity contribution in [1.82, 2.24) is 0 Å². The predicted molar refractivity (Wildman–Crippen MR) is 104 cm³/mol. The molecule has 0 rings (SSSR count). The Bertz CT molecular complexity index is 184. The van der Waals surface area contributed by atoms with Crippen molar-refractivity contribution < 1.29 is 0 Å². The molecule has 0 saturated heterocycles. The van der Waals surface area contributed by atoms with Crippen molar-refractivity contribution in [2.45, 2.75) is 136 Å². The van der Waals surface area contributed by atoms with E-state index >= 15 is 0 Å². The Morgan fingerprint density at radius 3 is 1.09 bits per heavy atom. The highest BCUT2D eigenvalue weighted by Gasteiger charge is 2.07. The van der Waals surface area contributed by atoms with Gasteiger partial charge in [-0.1, -0.05) is 136 Å². The van der Waals surface area contributed by atoms with Crippen molar-refractivity contribution in [1.29, 1.82) is 0 Å². The zero-order chi connectivity index (χ0) is 16.3. The minimum Gasteiger partial charge on any atom is -0.0654 e.